The van der Waals surface area contributed by atoms with E-state index in [1.54, 1.807) is 7.11 Å². The molecule has 0 radical (unpaired) electrons. The number of carbonyl (C=O) groups excluding carboxylic acids is 1. The minimum atomic E-state index is -0.598. The number of benzene rings is 1. The summed E-state index contributed by atoms with van der Waals surface area (Å²) in [6.07, 6.45) is 4.98. The number of rotatable bonds is 11. The number of aromatic amines is 1. The maximum Gasteiger partial charge on any atom is 0.237 e. The Labute approximate surface area is 172 Å². The van der Waals surface area contributed by atoms with Crippen molar-refractivity contribution in [3.8, 4) is 5.75 Å². The van der Waals surface area contributed by atoms with Gasteiger partial charge in [-0.1, -0.05) is 12.1 Å². The van der Waals surface area contributed by atoms with Crippen molar-refractivity contribution < 1.29 is 14.3 Å². The summed E-state index contributed by atoms with van der Waals surface area (Å²) in [5.41, 5.74) is 8.89. The van der Waals surface area contributed by atoms with E-state index in [-0.39, 0.29) is 5.91 Å². The number of nitrogens with zero attached hydrogens (tertiary/aromatic N) is 1. The van der Waals surface area contributed by atoms with Gasteiger partial charge in [0.25, 0.3) is 0 Å². The van der Waals surface area contributed by atoms with Crippen molar-refractivity contribution in [1.82, 2.24) is 10.3 Å². The van der Waals surface area contributed by atoms with Crippen LogP contribution in [0.3, 0.4) is 0 Å². The zero-order chi connectivity index (χ0) is 21.2. The number of nitrogens with one attached hydrogen (secondary N) is 2. The Morgan fingerprint density at radius 2 is 2.10 bits per heavy atom. The van der Waals surface area contributed by atoms with Crippen molar-refractivity contribution in [3.63, 3.8) is 0 Å². The van der Waals surface area contributed by atoms with Crippen LogP contribution < -0.4 is 15.8 Å². The van der Waals surface area contributed by atoms with Crippen molar-refractivity contribution >= 4 is 24.2 Å². The minimum absolute atomic E-state index is 0.162. The standard InChI is InChI=1S/C22H30N4O3/c1-5-19(20-15(2)14-26-21(20)24-3)29-17-9-7-16(8-10-17)13-18(23)22(27)25-11-6-12-28-4/h5,7-10,14,18,26H,3,6,11-13,23H2,1-2,4H3,(H,25,27)/b19-5+/t18-/m0/s1. The molecule has 4 N–H and O–H groups in total. The Hall–Kier alpha value is -2.90. The second-order valence-corrected chi connectivity index (χ2v) is 6.70. The fraction of sp³-hybridized carbons (Fsp3) is 0.364. The van der Waals surface area contributed by atoms with Gasteiger partial charge in [-0.3, -0.25) is 4.79 Å². The van der Waals surface area contributed by atoms with Crippen LogP contribution in [0.15, 0.2) is 41.5 Å². The first-order chi connectivity index (χ1) is 14.0. The Morgan fingerprint density at radius 1 is 1.38 bits per heavy atom. The van der Waals surface area contributed by atoms with E-state index in [1.807, 2.05) is 50.4 Å². The van der Waals surface area contributed by atoms with Gasteiger partial charge in [0.15, 0.2) is 0 Å². The first-order valence-electron chi connectivity index (χ1n) is 9.60. The number of amides is 1. The van der Waals surface area contributed by atoms with Gasteiger partial charge in [0, 0.05) is 26.5 Å². The van der Waals surface area contributed by atoms with Crippen LogP contribution in [0.4, 0.5) is 5.82 Å². The Kier molecular flexibility index (Phi) is 8.64. The second kappa shape index (κ2) is 11.2. The summed E-state index contributed by atoms with van der Waals surface area (Å²) in [5.74, 6) is 1.90. The van der Waals surface area contributed by atoms with Crippen LogP contribution in [-0.4, -0.2) is 43.9 Å². The molecular formula is C22H30N4O3. The number of hydrogen-bond donors (Lipinski definition) is 3. The molecule has 0 bridgehead atoms. The molecule has 0 saturated carbocycles. The summed E-state index contributed by atoms with van der Waals surface area (Å²) in [4.78, 5) is 19.1. The molecule has 0 unspecified atom stereocenters. The first kappa shape index (κ1) is 22.4. The maximum absolute atomic E-state index is 12.1. The molecule has 0 saturated heterocycles. The predicted molar refractivity (Wildman–Crippen MR) is 117 cm³/mol. The molecule has 2 rings (SSSR count). The molecule has 1 aromatic carbocycles. The van der Waals surface area contributed by atoms with E-state index in [0.717, 1.165) is 23.1 Å². The number of aryl methyl sites for hydroxylation is 1. The lowest BCUT2D eigenvalue weighted by atomic mass is 10.1. The molecule has 1 aromatic heterocycles. The number of allylic oxidation sites excluding steroid dienone is 1. The quantitative estimate of drug-likeness (QED) is 0.307. The molecule has 0 fully saturated rings. The lowest BCUT2D eigenvalue weighted by Crippen LogP contribution is -2.42. The molecule has 1 amide bonds. The van der Waals surface area contributed by atoms with Crippen LogP contribution in [0.2, 0.25) is 0 Å². The van der Waals surface area contributed by atoms with Gasteiger partial charge in [-0.2, -0.15) is 0 Å². The third kappa shape index (κ3) is 6.30. The first-order valence-corrected chi connectivity index (χ1v) is 9.60. The SMILES string of the molecule is C=Nc1[nH]cc(C)c1/C(=C\C)Oc1ccc(C[C@H](N)C(=O)NCCCOC)cc1. The molecule has 0 aliphatic heterocycles. The number of carbonyl (C=O) groups is 1. The zero-order valence-electron chi connectivity index (χ0n) is 17.3. The molecule has 7 nitrogen and oxygen atoms in total. The van der Waals surface area contributed by atoms with Crippen LogP contribution in [0.5, 0.6) is 5.75 Å². The van der Waals surface area contributed by atoms with E-state index < -0.39 is 6.04 Å². The molecule has 1 heterocycles. The highest BCUT2D eigenvalue weighted by Crippen LogP contribution is 2.31. The van der Waals surface area contributed by atoms with Crippen LogP contribution >= 0.6 is 0 Å². The summed E-state index contributed by atoms with van der Waals surface area (Å²) >= 11 is 0. The van der Waals surface area contributed by atoms with Crippen molar-refractivity contribution in [2.24, 2.45) is 10.7 Å². The van der Waals surface area contributed by atoms with Gasteiger partial charge in [0.05, 0.1) is 11.6 Å². The van der Waals surface area contributed by atoms with E-state index in [1.165, 1.54) is 0 Å². The van der Waals surface area contributed by atoms with Crippen LogP contribution in [0.25, 0.3) is 5.76 Å². The number of H-pyrrole nitrogens is 1. The summed E-state index contributed by atoms with van der Waals surface area (Å²) in [6.45, 7) is 8.65. The van der Waals surface area contributed by atoms with Gasteiger partial charge in [-0.25, -0.2) is 4.99 Å². The van der Waals surface area contributed by atoms with Gasteiger partial charge >= 0.3 is 0 Å². The largest absolute Gasteiger partial charge is 0.457 e. The minimum Gasteiger partial charge on any atom is -0.457 e. The normalized spacial score (nSPS) is 12.5. The molecule has 7 heteroatoms. The lowest BCUT2D eigenvalue weighted by Gasteiger charge is -2.14. The Balaban J connectivity index is 1.96. The van der Waals surface area contributed by atoms with E-state index in [0.29, 0.717) is 36.9 Å². The summed E-state index contributed by atoms with van der Waals surface area (Å²) in [5, 5.41) is 2.82. The third-order valence-corrected chi connectivity index (χ3v) is 4.49. The molecule has 29 heavy (non-hydrogen) atoms. The van der Waals surface area contributed by atoms with E-state index in [9.17, 15) is 4.79 Å². The van der Waals surface area contributed by atoms with Gasteiger partial charge in [-0.15, -0.1) is 0 Å². The van der Waals surface area contributed by atoms with Crippen LogP contribution in [0.1, 0.15) is 30.0 Å². The number of nitrogens with two attached hydrogens (primary N) is 1. The number of methoxy groups -OCH3 is 1. The average molecular weight is 399 g/mol. The second-order valence-electron chi connectivity index (χ2n) is 6.70. The summed E-state index contributed by atoms with van der Waals surface area (Å²) < 4.78 is 11.0. The highest BCUT2D eigenvalue weighted by molar-refractivity contribution is 5.81. The number of aromatic nitrogens is 1. The molecular weight excluding hydrogens is 368 g/mol. The predicted octanol–water partition coefficient (Wildman–Crippen LogP) is 3.12. The van der Waals surface area contributed by atoms with E-state index >= 15 is 0 Å². The van der Waals surface area contributed by atoms with Crippen molar-refractivity contribution in [3.05, 3.63) is 53.2 Å². The van der Waals surface area contributed by atoms with E-state index in [2.05, 4.69) is 22.0 Å². The fourth-order valence-corrected chi connectivity index (χ4v) is 2.92. The van der Waals surface area contributed by atoms with Crippen LogP contribution in [0, 0.1) is 6.92 Å². The van der Waals surface area contributed by atoms with E-state index in [4.69, 9.17) is 15.2 Å². The fourth-order valence-electron chi connectivity index (χ4n) is 2.92. The van der Waals surface area contributed by atoms with Gasteiger partial charge in [0.2, 0.25) is 5.91 Å². The third-order valence-electron chi connectivity index (χ3n) is 4.49. The smallest absolute Gasteiger partial charge is 0.237 e. The lowest BCUT2D eigenvalue weighted by molar-refractivity contribution is -0.122. The van der Waals surface area contributed by atoms with Crippen molar-refractivity contribution in [2.75, 3.05) is 20.3 Å². The highest BCUT2D eigenvalue weighted by Gasteiger charge is 2.15. The molecule has 2 aromatic rings. The zero-order valence-corrected chi connectivity index (χ0v) is 17.3. The van der Waals surface area contributed by atoms with Gasteiger partial charge < -0.3 is 25.5 Å². The molecule has 0 aliphatic rings. The topological polar surface area (TPSA) is 102 Å². The van der Waals surface area contributed by atoms with Crippen LogP contribution in [-0.2, 0) is 16.0 Å². The van der Waals surface area contributed by atoms with Crippen molar-refractivity contribution in [2.45, 2.75) is 32.7 Å². The number of hydrogen-bond acceptors (Lipinski definition) is 5. The maximum atomic E-state index is 12.1. The number of aliphatic imine (C=N–C) groups is 1. The molecule has 0 aliphatic carbocycles. The molecule has 0 spiro atoms. The summed E-state index contributed by atoms with van der Waals surface area (Å²) in [6, 6.07) is 6.96. The molecule has 156 valence electrons. The molecule has 1 atom stereocenters. The van der Waals surface area contributed by atoms with Crippen molar-refractivity contribution in [1.29, 1.82) is 0 Å². The van der Waals surface area contributed by atoms with Gasteiger partial charge in [-0.05, 0) is 62.7 Å². The highest BCUT2D eigenvalue weighted by atomic mass is 16.5. The average Bonchev–Trinajstić information content (AvgIpc) is 3.10. The monoisotopic (exact) mass is 398 g/mol. The summed E-state index contributed by atoms with van der Waals surface area (Å²) in [7, 11) is 1.63. The Morgan fingerprint density at radius 3 is 2.72 bits per heavy atom. The number of ether oxygens (including phenoxy) is 2. The Bertz CT molecular complexity index is 840. The van der Waals surface area contributed by atoms with Gasteiger partial charge in [0.1, 0.15) is 17.3 Å².